The zero-order chi connectivity index (χ0) is 45.1. The molecular weight excluding hydrogens is 797 g/mol. The molecule has 2 nitrogen and oxygen atoms in total. The van der Waals surface area contributed by atoms with E-state index in [-0.39, 0.29) is 0 Å². The van der Waals surface area contributed by atoms with E-state index in [4.69, 9.17) is 0 Å². The summed E-state index contributed by atoms with van der Waals surface area (Å²) in [6.45, 7) is 18.4. The van der Waals surface area contributed by atoms with Crippen LogP contribution in [0, 0.1) is 27.7 Å². The minimum absolute atomic E-state index is 0.296. The molecule has 0 saturated carbocycles. The van der Waals surface area contributed by atoms with Crippen molar-refractivity contribution in [3.05, 3.63) is 213 Å². The molecule has 0 radical (unpaired) electrons. The van der Waals surface area contributed by atoms with E-state index in [2.05, 4.69) is 223 Å². The van der Waals surface area contributed by atoms with Crippen LogP contribution < -0.4 is 9.80 Å². The molecule has 0 N–H and O–H groups in total. The van der Waals surface area contributed by atoms with Crippen molar-refractivity contribution in [1.82, 2.24) is 0 Å². The molecule has 12 rings (SSSR count). The fourth-order valence-electron chi connectivity index (χ4n) is 12.0. The first kappa shape index (κ1) is 40.4. The summed E-state index contributed by atoms with van der Waals surface area (Å²) in [7, 11) is 0. The number of anilines is 6. The largest absolute Gasteiger partial charge is 0.310 e. The average molecular weight is 853 g/mol. The highest BCUT2D eigenvalue weighted by molar-refractivity contribution is 6.29. The number of fused-ring (bicyclic) bond motifs is 6. The highest BCUT2D eigenvalue weighted by Crippen LogP contribution is 2.54. The number of rotatable bonds is 8. The smallest absolute Gasteiger partial charge is 0.0543 e. The molecule has 10 aromatic carbocycles. The number of aryl methyl sites for hydroxylation is 4. The summed E-state index contributed by atoms with van der Waals surface area (Å²) in [6, 6.07) is 60.9. The Kier molecular flexibility index (Phi) is 9.30. The van der Waals surface area contributed by atoms with E-state index < -0.39 is 0 Å². The topological polar surface area (TPSA) is 6.48 Å². The first-order valence-electron chi connectivity index (χ1n) is 24.0. The van der Waals surface area contributed by atoms with Crippen molar-refractivity contribution in [2.75, 3.05) is 9.80 Å². The molecule has 0 heterocycles. The van der Waals surface area contributed by atoms with E-state index in [9.17, 15) is 0 Å². The van der Waals surface area contributed by atoms with Crippen molar-refractivity contribution in [2.45, 2.75) is 80.1 Å². The summed E-state index contributed by atoms with van der Waals surface area (Å²) < 4.78 is 0. The second-order valence-electron chi connectivity index (χ2n) is 20.0. The fourth-order valence-corrected chi connectivity index (χ4v) is 12.0. The molecule has 322 valence electrons. The highest BCUT2D eigenvalue weighted by atomic mass is 15.2. The van der Waals surface area contributed by atoms with Gasteiger partial charge in [-0.3, -0.25) is 0 Å². The maximum atomic E-state index is 2.61. The first-order valence-corrected chi connectivity index (χ1v) is 24.0. The van der Waals surface area contributed by atoms with Crippen molar-refractivity contribution in [1.29, 1.82) is 0 Å². The lowest BCUT2D eigenvalue weighted by atomic mass is 9.83. The van der Waals surface area contributed by atoms with Crippen molar-refractivity contribution >= 4 is 66.4 Å². The van der Waals surface area contributed by atoms with E-state index >= 15 is 0 Å². The number of hydrogen-bond acceptors (Lipinski definition) is 2. The standard InChI is InChI=1S/C64H56N2/c1-37(2)55-35-61(65(45-29-39(5)27-40(6)30-45)59-21-13-19-49-47-17-11-9-15-43(47)33-57(49)59)53-26-24-52-56(38(3)4)36-62(54-25-23-51(55)63(53)64(52)54)66(46-31-41(7)28-42(8)32-46)60-22-14-20-50-48-18-12-10-16-44(48)34-58(50)60/h9-32,35-38H,33-34H2,1-8H3. The van der Waals surface area contributed by atoms with Crippen molar-refractivity contribution in [3.8, 4) is 22.3 Å². The summed E-state index contributed by atoms with van der Waals surface area (Å²) >= 11 is 0. The lowest BCUT2D eigenvalue weighted by molar-refractivity contribution is 0.875. The Hall–Kier alpha value is -7.16. The molecule has 0 aromatic heterocycles. The van der Waals surface area contributed by atoms with Crippen LogP contribution in [-0.2, 0) is 12.8 Å². The number of benzene rings is 10. The third-order valence-electron chi connectivity index (χ3n) is 14.7. The molecule has 0 amide bonds. The summed E-state index contributed by atoms with van der Waals surface area (Å²) in [5.41, 5.74) is 26.1. The Labute approximate surface area is 390 Å². The SMILES string of the molecule is Cc1cc(C)cc(N(c2cccc3c2Cc2ccccc2-3)c2cc(C(C)C)c3ccc4c(N(c5cc(C)cc(C)c5)c5cccc6c5Cc5ccccc5-6)cc(C(C)C)c5ccc2c3c54)c1. The van der Waals surface area contributed by atoms with E-state index in [0.717, 1.165) is 12.8 Å². The Morgan fingerprint density at radius 1 is 0.348 bits per heavy atom. The number of nitrogens with zero attached hydrogens (tertiary/aromatic N) is 2. The average Bonchev–Trinajstić information content (AvgIpc) is 3.88. The van der Waals surface area contributed by atoms with Gasteiger partial charge in [-0.15, -0.1) is 0 Å². The van der Waals surface area contributed by atoms with Crippen LogP contribution in [0.25, 0.3) is 54.6 Å². The van der Waals surface area contributed by atoms with Gasteiger partial charge >= 0.3 is 0 Å². The van der Waals surface area contributed by atoms with Crippen LogP contribution in [0.3, 0.4) is 0 Å². The monoisotopic (exact) mass is 852 g/mol. The normalized spacial score (nSPS) is 12.7. The Bertz CT molecular complexity index is 3330. The minimum atomic E-state index is 0.296. The van der Waals surface area contributed by atoms with Crippen LogP contribution >= 0.6 is 0 Å². The molecule has 0 bridgehead atoms. The van der Waals surface area contributed by atoms with Gasteiger partial charge in [-0.2, -0.15) is 0 Å². The van der Waals surface area contributed by atoms with Gasteiger partial charge in [0.2, 0.25) is 0 Å². The number of hydrogen-bond donors (Lipinski definition) is 0. The molecule has 2 heteroatoms. The van der Waals surface area contributed by atoms with Crippen LogP contribution in [0.5, 0.6) is 0 Å². The van der Waals surface area contributed by atoms with Crippen molar-refractivity contribution < 1.29 is 0 Å². The van der Waals surface area contributed by atoms with Crippen LogP contribution in [0.1, 0.15) is 95.2 Å². The third kappa shape index (κ3) is 6.22. The molecule has 0 aliphatic heterocycles. The second-order valence-corrected chi connectivity index (χ2v) is 20.0. The minimum Gasteiger partial charge on any atom is -0.310 e. The second kappa shape index (κ2) is 15.2. The van der Waals surface area contributed by atoms with Gasteiger partial charge in [0.05, 0.1) is 22.7 Å². The molecule has 0 fully saturated rings. The molecule has 0 atom stereocenters. The summed E-state index contributed by atoms with van der Waals surface area (Å²) in [4.78, 5) is 5.22. The molecule has 10 aromatic rings. The third-order valence-corrected chi connectivity index (χ3v) is 14.7. The Morgan fingerprint density at radius 3 is 1.11 bits per heavy atom. The molecule has 0 unspecified atom stereocenters. The van der Waals surface area contributed by atoms with Gasteiger partial charge in [-0.05, 0) is 187 Å². The van der Waals surface area contributed by atoms with Gasteiger partial charge in [0, 0.05) is 35.0 Å². The molecule has 2 aliphatic carbocycles. The van der Waals surface area contributed by atoms with Gasteiger partial charge in [0.25, 0.3) is 0 Å². The van der Waals surface area contributed by atoms with Gasteiger partial charge in [0.15, 0.2) is 0 Å². The molecule has 0 saturated heterocycles. The highest BCUT2D eigenvalue weighted by Gasteiger charge is 2.31. The van der Waals surface area contributed by atoms with E-state index in [1.54, 1.807) is 0 Å². The Morgan fingerprint density at radius 2 is 0.712 bits per heavy atom. The summed E-state index contributed by atoms with van der Waals surface area (Å²) in [5, 5.41) is 7.95. The molecular formula is C64H56N2. The maximum absolute atomic E-state index is 2.61. The van der Waals surface area contributed by atoms with Gasteiger partial charge in [-0.25, -0.2) is 0 Å². The van der Waals surface area contributed by atoms with Crippen molar-refractivity contribution in [2.24, 2.45) is 0 Å². The van der Waals surface area contributed by atoms with Crippen LogP contribution in [0.4, 0.5) is 34.1 Å². The van der Waals surface area contributed by atoms with E-state index in [1.807, 2.05) is 0 Å². The summed E-state index contributed by atoms with van der Waals surface area (Å²) in [6.07, 6.45) is 1.82. The Balaban J connectivity index is 1.19. The summed E-state index contributed by atoms with van der Waals surface area (Å²) in [5.74, 6) is 0.592. The van der Waals surface area contributed by atoms with E-state index in [1.165, 1.54) is 144 Å². The molecule has 0 spiro atoms. The lowest BCUT2D eigenvalue weighted by Gasteiger charge is -2.33. The van der Waals surface area contributed by atoms with Crippen LogP contribution in [-0.4, -0.2) is 0 Å². The van der Waals surface area contributed by atoms with Gasteiger partial charge in [-0.1, -0.05) is 137 Å². The molecule has 66 heavy (non-hydrogen) atoms. The molecule has 2 aliphatic rings. The van der Waals surface area contributed by atoms with Crippen molar-refractivity contribution in [3.63, 3.8) is 0 Å². The first-order chi connectivity index (χ1) is 32.0. The lowest BCUT2D eigenvalue weighted by Crippen LogP contribution is -2.15. The predicted octanol–water partition coefficient (Wildman–Crippen LogP) is 18.1. The predicted molar refractivity (Wildman–Crippen MR) is 283 cm³/mol. The fraction of sp³-hybridized carbons (Fsp3) is 0.188. The van der Waals surface area contributed by atoms with Gasteiger partial charge < -0.3 is 9.80 Å². The van der Waals surface area contributed by atoms with Gasteiger partial charge in [0.1, 0.15) is 0 Å². The van der Waals surface area contributed by atoms with Crippen LogP contribution in [0.2, 0.25) is 0 Å². The zero-order valence-corrected chi connectivity index (χ0v) is 39.5. The van der Waals surface area contributed by atoms with Crippen LogP contribution in [0.15, 0.2) is 158 Å². The quantitative estimate of drug-likeness (QED) is 0.141. The maximum Gasteiger partial charge on any atom is 0.0543 e. The van der Waals surface area contributed by atoms with E-state index in [0.29, 0.717) is 11.8 Å². The zero-order valence-electron chi connectivity index (χ0n) is 39.5.